The number of rotatable bonds is 5. The number of carbonyl (C=O) groups excluding carboxylic acids is 2. The first kappa shape index (κ1) is 17.0. The van der Waals surface area contributed by atoms with Crippen LogP contribution in [0, 0.1) is 17.8 Å². The standard InChI is InChI=1S/C15H20O4/c1-7-8-15(13(16)18-5,14(17)19-6)10-12(4)9-11(2)3/h1H,8,10H2,2-6H3. The average molecular weight is 264 g/mol. The van der Waals surface area contributed by atoms with E-state index in [-0.39, 0.29) is 12.8 Å². The molecule has 4 heteroatoms. The van der Waals surface area contributed by atoms with Gasteiger partial charge < -0.3 is 9.47 Å². The molecule has 0 aliphatic carbocycles. The maximum atomic E-state index is 12.0. The zero-order valence-corrected chi connectivity index (χ0v) is 12.1. The van der Waals surface area contributed by atoms with Gasteiger partial charge in [0.15, 0.2) is 5.41 Å². The van der Waals surface area contributed by atoms with Gasteiger partial charge in [0.25, 0.3) is 0 Å². The van der Waals surface area contributed by atoms with Crippen LogP contribution < -0.4 is 0 Å². The van der Waals surface area contributed by atoms with E-state index in [1.165, 1.54) is 14.2 Å². The van der Waals surface area contributed by atoms with Crippen LogP contribution in [0.5, 0.6) is 0 Å². The number of allylic oxidation sites excluding steroid dienone is 1. The summed E-state index contributed by atoms with van der Waals surface area (Å²) in [7, 11) is 2.44. The summed E-state index contributed by atoms with van der Waals surface area (Å²) in [6.07, 6.45) is 5.33. The Hall–Kier alpha value is -1.98. The third kappa shape index (κ3) is 4.31. The van der Waals surface area contributed by atoms with Gasteiger partial charge >= 0.3 is 11.9 Å². The molecular formula is C15H20O4. The van der Waals surface area contributed by atoms with Crippen LogP contribution in [0.3, 0.4) is 0 Å². The molecule has 0 heterocycles. The molecule has 0 aliphatic rings. The Kier molecular flexibility index (Phi) is 6.68. The number of ether oxygens (including phenoxy) is 2. The van der Waals surface area contributed by atoms with Crippen molar-refractivity contribution < 1.29 is 19.1 Å². The van der Waals surface area contributed by atoms with Crippen LogP contribution in [0.15, 0.2) is 16.9 Å². The van der Waals surface area contributed by atoms with Gasteiger partial charge in [-0.15, -0.1) is 18.1 Å². The molecule has 104 valence electrons. The summed E-state index contributed by atoms with van der Waals surface area (Å²) in [6, 6.07) is 0. The molecule has 19 heavy (non-hydrogen) atoms. The summed E-state index contributed by atoms with van der Waals surface area (Å²) in [5.41, 5.74) is 3.26. The predicted octanol–water partition coefficient (Wildman–Crippen LogP) is 2.24. The van der Waals surface area contributed by atoms with Crippen molar-refractivity contribution in [3.05, 3.63) is 16.9 Å². The Bertz CT molecular complexity index is 439. The van der Waals surface area contributed by atoms with Gasteiger partial charge in [0.05, 0.1) is 14.2 Å². The van der Waals surface area contributed by atoms with Gasteiger partial charge in [-0.2, -0.15) is 0 Å². The van der Waals surface area contributed by atoms with E-state index in [2.05, 4.69) is 11.7 Å². The molecule has 0 saturated heterocycles. The van der Waals surface area contributed by atoms with Crippen LogP contribution in [0.2, 0.25) is 0 Å². The lowest BCUT2D eigenvalue weighted by Gasteiger charge is -2.26. The SMILES string of the molecule is C#CCC(CC(C)=C=C(C)C)(C(=O)OC)C(=O)OC. The minimum atomic E-state index is -1.50. The van der Waals surface area contributed by atoms with Gasteiger partial charge in [0, 0.05) is 12.8 Å². The minimum absolute atomic E-state index is 0.0753. The summed E-state index contributed by atoms with van der Waals surface area (Å²) < 4.78 is 9.43. The first-order valence-corrected chi connectivity index (χ1v) is 5.84. The third-order valence-corrected chi connectivity index (χ3v) is 2.59. The fourth-order valence-corrected chi connectivity index (χ4v) is 1.92. The normalized spacial score (nSPS) is 9.89. The van der Waals surface area contributed by atoms with Crippen molar-refractivity contribution in [2.75, 3.05) is 14.2 Å². The van der Waals surface area contributed by atoms with E-state index in [1.54, 1.807) is 6.92 Å². The van der Waals surface area contributed by atoms with Gasteiger partial charge in [-0.25, -0.2) is 0 Å². The Morgan fingerprint density at radius 3 is 1.89 bits per heavy atom. The molecule has 0 spiro atoms. The molecule has 0 N–H and O–H groups in total. The molecular weight excluding hydrogens is 244 g/mol. The summed E-state index contributed by atoms with van der Waals surface area (Å²) in [5.74, 6) is 0.973. The van der Waals surface area contributed by atoms with Gasteiger partial charge in [-0.1, -0.05) is 0 Å². The number of carbonyl (C=O) groups is 2. The number of esters is 2. The molecule has 0 fully saturated rings. The molecule has 4 nitrogen and oxygen atoms in total. The molecule has 0 rings (SSSR count). The maximum absolute atomic E-state index is 12.0. The van der Waals surface area contributed by atoms with Crippen LogP contribution in [-0.4, -0.2) is 26.2 Å². The molecule has 0 bridgehead atoms. The van der Waals surface area contributed by atoms with Crippen LogP contribution in [0.1, 0.15) is 33.6 Å². The molecule has 0 aromatic heterocycles. The summed E-state index contributed by atoms with van der Waals surface area (Å²) in [4.78, 5) is 24.0. The predicted molar refractivity (Wildman–Crippen MR) is 72.1 cm³/mol. The van der Waals surface area contributed by atoms with Crippen LogP contribution in [0.4, 0.5) is 0 Å². The van der Waals surface area contributed by atoms with Gasteiger partial charge in [-0.05, 0) is 31.9 Å². The Labute approximate surface area is 114 Å². The average Bonchev–Trinajstić information content (AvgIpc) is 2.34. The topological polar surface area (TPSA) is 52.6 Å². The Morgan fingerprint density at radius 1 is 1.11 bits per heavy atom. The van der Waals surface area contributed by atoms with Crippen LogP contribution in [-0.2, 0) is 19.1 Å². The van der Waals surface area contributed by atoms with E-state index < -0.39 is 17.4 Å². The zero-order chi connectivity index (χ0) is 15.1. The summed E-state index contributed by atoms with van der Waals surface area (Å²) >= 11 is 0. The second-order valence-corrected chi connectivity index (χ2v) is 4.53. The highest BCUT2D eigenvalue weighted by Crippen LogP contribution is 2.33. The number of terminal acetylenes is 1. The van der Waals surface area contributed by atoms with Crippen molar-refractivity contribution in [1.82, 2.24) is 0 Å². The van der Waals surface area contributed by atoms with E-state index in [1.807, 2.05) is 13.8 Å². The summed E-state index contributed by atoms with van der Waals surface area (Å²) in [5, 5.41) is 0. The van der Waals surface area contributed by atoms with E-state index in [0.29, 0.717) is 0 Å². The highest BCUT2D eigenvalue weighted by atomic mass is 16.5. The lowest BCUT2D eigenvalue weighted by atomic mass is 9.79. The summed E-state index contributed by atoms with van der Waals surface area (Å²) in [6.45, 7) is 5.54. The van der Waals surface area contributed by atoms with Crippen LogP contribution in [0.25, 0.3) is 0 Å². The van der Waals surface area contributed by atoms with Gasteiger partial charge in [0.2, 0.25) is 0 Å². The number of hydrogen-bond donors (Lipinski definition) is 0. The quantitative estimate of drug-likeness (QED) is 0.331. The van der Waals surface area contributed by atoms with Crippen molar-refractivity contribution in [2.24, 2.45) is 5.41 Å². The second kappa shape index (κ2) is 7.45. The number of methoxy groups -OCH3 is 2. The fraction of sp³-hybridized carbons (Fsp3) is 0.533. The van der Waals surface area contributed by atoms with E-state index in [9.17, 15) is 9.59 Å². The van der Waals surface area contributed by atoms with Gasteiger partial charge in [0.1, 0.15) is 0 Å². The van der Waals surface area contributed by atoms with Gasteiger partial charge in [-0.3, -0.25) is 9.59 Å². The molecule has 0 amide bonds. The smallest absolute Gasteiger partial charge is 0.324 e. The fourth-order valence-electron chi connectivity index (χ4n) is 1.92. The van der Waals surface area contributed by atoms with Crippen LogP contribution >= 0.6 is 0 Å². The minimum Gasteiger partial charge on any atom is -0.468 e. The Morgan fingerprint density at radius 2 is 1.58 bits per heavy atom. The monoisotopic (exact) mass is 264 g/mol. The van der Waals surface area contributed by atoms with E-state index in [4.69, 9.17) is 15.9 Å². The molecule has 0 unspecified atom stereocenters. The molecule has 0 radical (unpaired) electrons. The number of hydrogen-bond acceptors (Lipinski definition) is 4. The highest BCUT2D eigenvalue weighted by Gasteiger charge is 2.48. The first-order chi connectivity index (χ1) is 8.83. The largest absolute Gasteiger partial charge is 0.468 e. The molecule has 0 atom stereocenters. The Balaban J connectivity index is 5.74. The first-order valence-electron chi connectivity index (χ1n) is 5.84. The molecule has 0 aromatic rings. The molecule has 0 aliphatic heterocycles. The van der Waals surface area contributed by atoms with E-state index in [0.717, 1.165) is 11.1 Å². The third-order valence-electron chi connectivity index (χ3n) is 2.59. The maximum Gasteiger partial charge on any atom is 0.324 e. The highest BCUT2D eigenvalue weighted by molar-refractivity contribution is 6.00. The van der Waals surface area contributed by atoms with Crippen molar-refractivity contribution >= 4 is 11.9 Å². The van der Waals surface area contributed by atoms with Crippen molar-refractivity contribution in [3.63, 3.8) is 0 Å². The lowest BCUT2D eigenvalue weighted by Crippen LogP contribution is -2.41. The zero-order valence-electron chi connectivity index (χ0n) is 12.1. The molecule has 0 aromatic carbocycles. The lowest BCUT2D eigenvalue weighted by molar-refractivity contribution is -0.168. The van der Waals surface area contributed by atoms with Crippen molar-refractivity contribution in [3.8, 4) is 12.3 Å². The van der Waals surface area contributed by atoms with E-state index >= 15 is 0 Å². The van der Waals surface area contributed by atoms with Crippen molar-refractivity contribution in [2.45, 2.75) is 33.6 Å². The molecule has 0 saturated carbocycles. The van der Waals surface area contributed by atoms with Crippen molar-refractivity contribution in [1.29, 1.82) is 0 Å². The second-order valence-electron chi connectivity index (χ2n) is 4.53.